The number of fused-ring (bicyclic) bond motifs is 1. The molecule has 1 aliphatic heterocycles. The molecule has 5 aromatic rings. The molecule has 0 saturated heterocycles. The van der Waals surface area contributed by atoms with E-state index >= 15 is 0 Å². The molecule has 0 N–H and O–H groups in total. The van der Waals surface area contributed by atoms with E-state index in [1.165, 1.54) is 11.3 Å². The fourth-order valence-corrected chi connectivity index (χ4v) is 7.15. The van der Waals surface area contributed by atoms with E-state index in [4.69, 9.17) is 49.3 Å². The second-order valence-electron chi connectivity index (χ2n) is 11.5. The second-order valence-corrected chi connectivity index (χ2v) is 13.7. The van der Waals surface area contributed by atoms with Crippen LogP contribution in [-0.2, 0) is 16.1 Å². The van der Waals surface area contributed by atoms with Crippen LogP contribution in [0.3, 0.4) is 0 Å². The molecule has 48 heavy (non-hydrogen) atoms. The topological polar surface area (TPSA) is 69.9 Å². The Labute approximate surface area is 297 Å². The third-order valence-corrected chi connectivity index (χ3v) is 9.75. The number of rotatable bonds is 9. The predicted octanol–water partition coefficient (Wildman–Crippen LogP) is 8.60. The quantitative estimate of drug-likeness (QED) is 0.143. The predicted molar refractivity (Wildman–Crippen MR) is 194 cm³/mol. The van der Waals surface area contributed by atoms with Crippen molar-refractivity contribution in [3.8, 4) is 5.75 Å². The average molecular weight is 718 g/mol. The molecule has 2 heterocycles. The van der Waals surface area contributed by atoms with Crippen molar-refractivity contribution in [3.63, 3.8) is 0 Å². The summed E-state index contributed by atoms with van der Waals surface area (Å²) in [5.74, 6) is 0.291. The molecule has 10 heteroatoms. The van der Waals surface area contributed by atoms with E-state index in [0.717, 1.165) is 22.3 Å². The van der Waals surface area contributed by atoms with E-state index < -0.39 is 12.0 Å². The molecule has 0 unspecified atom stereocenters. The number of benzene rings is 4. The highest BCUT2D eigenvalue weighted by atomic mass is 35.5. The minimum absolute atomic E-state index is 0.173. The SMILES string of the molecule is CCOC(=O)C1=C(c2ccccc2)N=c2s/c(=C\c3cc(Cl)ccc3OCc3ccc(Cl)cc3Cl)c(=O)n2[C@@H]1c1ccc(C(C)C)cc1. The lowest BCUT2D eigenvalue weighted by Crippen LogP contribution is -2.40. The standard InChI is InChI=1S/C38H31Cl3N2O4S/c1-4-46-37(45)33-34(24-8-6-5-7-9-24)42-38-43(35(33)25-12-10-23(11-13-25)22(2)3)36(44)32(48-38)19-27-18-28(39)16-17-31(27)47-21-26-14-15-29(40)20-30(26)41/h5-20,22,35H,4,21H2,1-3H3/b32-19-/t35-/m1/s1. The Balaban J connectivity index is 1.53. The number of thiazole rings is 1. The van der Waals surface area contributed by atoms with Crippen LogP contribution < -0.4 is 19.6 Å². The molecule has 0 radical (unpaired) electrons. The summed E-state index contributed by atoms with van der Waals surface area (Å²) in [5.41, 5.74) is 4.46. The number of carbonyl (C=O) groups is 1. The minimum atomic E-state index is -0.777. The van der Waals surface area contributed by atoms with Gasteiger partial charge in [0.15, 0.2) is 4.80 Å². The average Bonchev–Trinajstić information content (AvgIpc) is 3.38. The number of hydrogen-bond donors (Lipinski definition) is 0. The van der Waals surface area contributed by atoms with Gasteiger partial charge in [-0.25, -0.2) is 9.79 Å². The smallest absolute Gasteiger partial charge is 0.338 e. The van der Waals surface area contributed by atoms with Gasteiger partial charge in [0.1, 0.15) is 12.4 Å². The number of ether oxygens (including phenoxy) is 2. The Morgan fingerprint density at radius 1 is 0.958 bits per heavy atom. The molecule has 244 valence electrons. The highest BCUT2D eigenvalue weighted by Crippen LogP contribution is 2.36. The van der Waals surface area contributed by atoms with Gasteiger partial charge in [0.05, 0.1) is 28.5 Å². The number of esters is 1. The van der Waals surface area contributed by atoms with E-state index in [2.05, 4.69) is 13.8 Å². The lowest BCUT2D eigenvalue weighted by Gasteiger charge is -2.26. The summed E-state index contributed by atoms with van der Waals surface area (Å²) in [6.07, 6.45) is 1.74. The van der Waals surface area contributed by atoms with E-state index in [9.17, 15) is 9.59 Å². The zero-order valence-corrected chi connectivity index (χ0v) is 29.5. The normalized spacial score (nSPS) is 14.6. The van der Waals surface area contributed by atoms with Gasteiger partial charge in [0.25, 0.3) is 5.56 Å². The third kappa shape index (κ3) is 7.01. The van der Waals surface area contributed by atoms with Gasteiger partial charge in [-0.3, -0.25) is 9.36 Å². The van der Waals surface area contributed by atoms with Crippen LogP contribution in [0.25, 0.3) is 11.8 Å². The van der Waals surface area contributed by atoms with Gasteiger partial charge in [-0.05, 0) is 60.4 Å². The molecular weight excluding hydrogens is 687 g/mol. The molecule has 1 aromatic heterocycles. The van der Waals surface area contributed by atoms with Crippen molar-refractivity contribution >= 4 is 63.9 Å². The van der Waals surface area contributed by atoms with Crippen LogP contribution in [0.15, 0.2) is 106 Å². The Bertz CT molecular complexity index is 2210. The molecule has 0 saturated carbocycles. The van der Waals surface area contributed by atoms with Crippen molar-refractivity contribution < 1.29 is 14.3 Å². The largest absolute Gasteiger partial charge is 0.488 e. The fourth-order valence-electron chi connectivity index (χ4n) is 5.52. The van der Waals surface area contributed by atoms with Gasteiger partial charge in [0.2, 0.25) is 0 Å². The van der Waals surface area contributed by atoms with Crippen LogP contribution in [0.1, 0.15) is 60.5 Å². The monoisotopic (exact) mass is 716 g/mol. The number of aromatic nitrogens is 1. The number of nitrogens with zero attached hydrogens (tertiary/aromatic N) is 2. The molecule has 1 aliphatic rings. The van der Waals surface area contributed by atoms with Crippen molar-refractivity contribution in [1.29, 1.82) is 0 Å². The summed E-state index contributed by atoms with van der Waals surface area (Å²) in [6.45, 7) is 6.34. The second kappa shape index (κ2) is 14.5. The van der Waals surface area contributed by atoms with Gasteiger partial charge in [-0.2, -0.15) is 0 Å². The summed E-state index contributed by atoms with van der Waals surface area (Å²) in [7, 11) is 0. The summed E-state index contributed by atoms with van der Waals surface area (Å²) < 4.78 is 13.7. The first kappa shape index (κ1) is 33.7. The summed E-state index contributed by atoms with van der Waals surface area (Å²) in [4.78, 5) is 33.6. The fraction of sp³-hybridized carbons (Fsp3) is 0.184. The maximum atomic E-state index is 14.4. The Hall–Kier alpha value is -4.14. The first-order chi connectivity index (χ1) is 23.1. The first-order valence-corrected chi connectivity index (χ1v) is 17.3. The Morgan fingerprint density at radius 3 is 2.35 bits per heavy atom. The van der Waals surface area contributed by atoms with Crippen LogP contribution in [0, 0.1) is 0 Å². The lowest BCUT2D eigenvalue weighted by molar-refractivity contribution is -0.138. The zero-order valence-electron chi connectivity index (χ0n) is 26.4. The van der Waals surface area contributed by atoms with Crippen LogP contribution in [0.2, 0.25) is 15.1 Å². The van der Waals surface area contributed by atoms with Crippen molar-refractivity contribution in [2.75, 3.05) is 6.61 Å². The molecule has 6 nitrogen and oxygen atoms in total. The van der Waals surface area contributed by atoms with Gasteiger partial charge >= 0.3 is 5.97 Å². The van der Waals surface area contributed by atoms with Crippen molar-refractivity contribution in [2.45, 2.75) is 39.3 Å². The molecule has 1 atom stereocenters. The van der Waals surface area contributed by atoms with Gasteiger partial charge in [0, 0.05) is 31.8 Å². The summed E-state index contributed by atoms with van der Waals surface area (Å²) in [5, 5.41) is 1.49. The van der Waals surface area contributed by atoms with E-state index in [-0.39, 0.29) is 18.8 Å². The number of hydrogen-bond acceptors (Lipinski definition) is 6. The van der Waals surface area contributed by atoms with Crippen molar-refractivity contribution in [1.82, 2.24) is 4.57 Å². The molecule has 0 aliphatic carbocycles. The maximum absolute atomic E-state index is 14.4. The molecule has 4 aromatic carbocycles. The van der Waals surface area contributed by atoms with Crippen LogP contribution in [-0.4, -0.2) is 17.1 Å². The molecule has 0 amide bonds. The molecule has 0 bridgehead atoms. The minimum Gasteiger partial charge on any atom is -0.488 e. The van der Waals surface area contributed by atoms with E-state index in [0.29, 0.717) is 52.9 Å². The van der Waals surface area contributed by atoms with Crippen LogP contribution in [0.4, 0.5) is 0 Å². The van der Waals surface area contributed by atoms with Crippen LogP contribution in [0.5, 0.6) is 5.75 Å². The molecule has 6 rings (SSSR count). The Kier molecular flexibility index (Phi) is 10.2. The first-order valence-electron chi connectivity index (χ1n) is 15.4. The summed E-state index contributed by atoms with van der Waals surface area (Å²) in [6, 6.07) is 27.1. The number of carbonyl (C=O) groups excluding carboxylic acids is 1. The van der Waals surface area contributed by atoms with E-state index in [1.807, 2.05) is 54.6 Å². The number of halogens is 3. The Morgan fingerprint density at radius 2 is 1.67 bits per heavy atom. The highest BCUT2D eigenvalue weighted by molar-refractivity contribution is 7.07. The zero-order chi connectivity index (χ0) is 33.9. The highest BCUT2D eigenvalue weighted by Gasteiger charge is 2.35. The molecule has 0 fully saturated rings. The van der Waals surface area contributed by atoms with E-state index in [1.54, 1.807) is 54.0 Å². The van der Waals surface area contributed by atoms with Crippen molar-refractivity contribution in [3.05, 3.63) is 159 Å². The van der Waals surface area contributed by atoms with Gasteiger partial charge < -0.3 is 9.47 Å². The van der Waals surface area contributed by atoms with Crippen LogP contribution >= 0.6 is 46.1 Å². The molecular formula is C38H31Cl3N2O4S. The van der Waals surface area contributed by atoms with Gasteiger partial charge in [-0.1, -0.05) is 121 Å². The summed E-state index contributed by atoms with van der Waals surface area (Å²) >= 11 is 20.1. The molecule has 0 spiro atoms. The third-order valence-electron chi connectivity index (χ3n) is 7.95. The van der Waals surface area contributed by atoms with Gasteiger partial charge in [-0.15, -0.1) is 0 Å². The van der Waals surface area contributed by atoms with Crippen molar-refractivity contribution in [2.24, 2.45) is 4.99 Å². The lowest BCUT2D eigenvalue weighted by atomic mass is 9.91. The maximum Gasteiger partial charge on any atom is 0.338 e.